The number of nitrogens with zero attached hydrogens (tertiary/aromatic N) is 5. The van der Waals surface area contributed by atoms with Crippen LogP contribution < -0.4 is 10.2 Å². The molecular weight excluding hydrogens is 428 g/mol. The molecule has 8 heteroatoms. The Hall–Kier alpha value is -2.90. The van der Waals surface area contributed by atoms with Crippen molar-refractivity contribution in [1.29, 1.82) is 0 Å². The van der Waals surface area contributed by atoms with Gasteiger partial charge in [-0.1, -0.05) is 20.4 Å². The summed E-state index contributed by atoms with van der Waals surface area (Å²) in [6, 6.07) is 0.197. The molecule has 4 heterocycles. The van der Waals surface area contributed by atoms with Crippen molar-refractivity contribution in [3.8, 4) is 0 Å². The van der Waals surface area contributed by atoms with Crippen LogP contribution in [0.3, 0.4) is 0 Å². The first-order chi connectivity index (χ1) is 16.4. The zero-order chi connectivity index (χ0) is 23.7. The Morgan fingerprint density at radius 1 is 1.26 bits per heavy atom. The summed E-state index contributed by atoms with van der Waals surface area (Å²) in [7, 11) is 0. The Kier molecular flexibility index (Phi) is 6.32. The lowest BCUT2D eigenvalue weighted by molar-refractivity contribution is -0.136. The van der Waals surface area contributed by atoms with Crippen LogP contribution in [0.2, 0.25) is 0 Å². The van der Waals surface area contributed by atoms with E-state index in [1.54, 1.807) is 12.5 Å². The molecule has 3 aliphatic rings. The lowest BCUT2D eigenvalue weighted by Gasteiger charge is -2.47. The van der Waals surface area contributed by atoms with E-state index >= 15 is 0 Å². The van der Waals surface area contributed by atoms with Crippen molar-refractivity contribution in [1.82, 2.24) is 19.9 Å². The minimum Gasteiger partial charge on any atom is -0.449 e. The van der Waals surface area contributed by atoms with Crippen LogP contribution in [0.5, 0.6) is 0 Å². The molecule has 2 aromatic heterocycles. The van der Waals surface area contributed by atoms with E-state index in [4.69, 9.17) is 14.4 Å². The lowest BCUT2D eigenvalue weighted by Crippen LogP contribution is -2.59. The zero-order valence-electron chi connectivity index (χ0n) is 20.4. The Morgan fingerprint density at radius 3 is 2.82 bits per heavy atom. The van der Waals surface area contributed by atoms with Crippen LogP contribution in [0.4, 0.5) is 11.8 Å². The molecule has 1 amide bonds. The summed E-state index contributed by atoms with van der Waals surface area (Å²) in [5.74, 6) is 3.14. The van der Waals surface area contributed by atoms with Gasteiger partial charge in [0, 0.05) is 49.6 Å². The fraction of sp³-hybridized carbons (Fsp3) is 0.615. The number of aromatic nitrogens is 3. The molecule has 5 rings (SSSR count). The maximum absolute atomic E-state index is 11.9. The first-order valence-electron chi connectivity index (χ1n) is 12.7. The van der Waals surface area contributed by atoms with E-state index in [0.29, 0.717) is 5.92 Å². The zero-order valence-corrected chi connectivity index (χ0v) is 20.4. The Bertz CT molecular complexity index is 1030. The Balaban J connectivity index is 1.36. The Morgan fingerprint density at radius 2 is 2.09 bits per heavy atom. The molecule has 0 radical (unpaired) electrons. The number of amides is 1. The van der Waals surface area contributed by atoms with Gasteiger partial charge in [0.05, 0.1) is 11.9 Å². The summed E-state index contributed by atoms with van der Waals surface area (Å²) in [5.41, 5.74) is 2.63. The van der Waals surface area contributed by atoms with Crippen LogP contribution in [-0.2, 0) is 24.1 Å². The summed E-state index contributed by atoms with van der Waals surface area (Å²) >= 11 is 0. The average molecular weight is 465 g/mol. The molecule has 34 heavy (non-hydrogen) atoms. The molecule has 1 N–H and O–H groups in total. The predicted molar refractivity (Wildman–Crippen MR) is 132 cm³/mol. The molecule has 0 aromatic carbocycles. The smallest absolute Gasteiger partial charge is 0.245 e. The third kappa shape index (κ3) is 4.68. The van der Waals surface area contributed by atoms with Crippen molar-refractivity contribution in [2.45, 2.75) is 64.8 Å². The number of nitrogens with one attached hydrogen (secondary N) is 1. The van der Waals surface area contributed by atoms with Crippen LogP contribution in [0.1, 0.15) is 56.7 Å². The second kappa shape index (κ2) is 9.39. The van der Waals surface area contributed by atoms with Crippen LogP contribution in [0, 0.1) is 11.3 Å². The standard InChI is InChI=1S/C26H36N6O2/c1-4-23(33)32-16-26(17-32)9-11-31(15-26)25-29-21-8-6-5-7-20(21)24(30-25)28-19(13-18(2)3)14-22-27-10-12-34-22/h4,10,12,18-19H,1,5-9,11,13-17H2,2-3H3,(H,28,29,30)/t19-/m0/s1. The van der Waals surface area contributed by atoms with Crippen molar-refractivity contribution < 1.29 is 9.21 Å². The normalized spacial score (nSPS) is 19.7. The highest BCUT2D eigenvalue weighted by Gasteiger charge is 2.49. The molecule has 0 unspecified atom stereocenters. The van der Waals surface area contributed by atoms with Crippen LogP contribution >= 0.6 is 0 Å². The molecule has 1 aliphatic carbocycles. The van der Waals surface area contributed by atoms with Crippen molar-refractivity contribution in [2.75, 3.05) is 36.4 Å². The van der Waals surface area contributed by atoms with Gasteiger partial charge in [0.2, 0.25) is 11.9 Å². The monoisotopic (exact) mass is 464 g/mol. The molecule has 2 fully saturated rings. The molecular formula is C26H36N6O2. The number of carbonyl (C=O) groups is 1. The first kappa shape index (κ1) is 22.9. The number of carbonyl (C=O) groups excluding carboxylic acids is 1. The largest absolute Gasteiger partial charge is 0.449 e. The summed E-state index contributed by atoms with van der Waals surface area (Å²) in [5, 5.41) is 3.78. The summed E-state index contributed by atoms with van der Waals surface area (Å²) < 4.78 is 5.55. The summed E-state index contributed by atoms with van der Waals surface area (Å²) in [6.07, 6.45) is 12.0. The highest BCUT2D eigenvalue weighted by atomic mass is 16.3. The molecule has 2 aromatic rings. The van der Waals surface area contributed by atoms with Crippen LogP contribution in [0.25, 0.3) is 0 Å². The fourth-order valence-electron chi connectivity index (χ4n) is 5.77. The number of fused-ring (bicyclic) bond motifs is 1. The van der Waals surface area contributed by atoms with Gasteiger partial charge in [-0.2, -0.15) is 4.98 Å². The topological polar surface area (TPSA) is 87.4 Å². The number of oxazole rings is 1. The highest BCUT2D eigenvalue weighted by molar-refractivity contribution is 5.87. The molecule has 8 nitrogen and oxygen atoms in total. The number of rotatable bonds is 8. The third-order valence-corrected chi connectivity index (χ3v) is 7.43. The van der Waals surface area contributed by atoms with Gasteiger partial charge in [-0.15, -0.1) is 0 Å². The summed E-state index contributed by atoms with van der Waals surface area (Å²) in [4.78, 5) is 30.6. The van der Waals surface area contributed by atoms with E-state index in [9.17, 15) is 4.79 Å². The predicted octanol–water partition coefficient (Wildman–Crippen LogP) is 3.64. The van der Waals surface area contributed by atoms with Gasteiger partial charge in [0.1, 0.15) is 12.1 Å². The van der Waals surface area contributed by atoms with E-state index < -0.39 is 0 Å². The van der Waals surface area contributed by atoms with E-state index in [2.05, 4.69) is 35.6 Å². The molecule has 2 aliphatic heterocycles. The highest BCUT2D eigenvalue weighted by Crippen LogP contribution is 2.41. The van der Waals surface area contributed by atoms with Crippen molar-refractivity contribution in [2.24, 2.45) is 11.3 Å². The van der Waals surface area contributed by atoms with Gasteiger partial charge < -0.3 is 19.5 Å². The molecule has 2 saturated heterocycles. The maximum atomic E-state index is 11.9. The van der Waals surface area contributed by atoms with Crippen LogP contribution in [0.15, 0.2) is 29.5 Å². The minimum absolute atomic E-state index is 0.0304. The average Bonchev–Trinajstić information content (AvgIpc) is 3.47. The van der Waals surface area contributed by atoms with E-state index in [1.165, 1.54) is 30.2 Å². The van der Waals surface area contributed by atoms with Gasteiger partial charge >= 0.3 is 0 Å². The quantitative estimate of drug-likeness (QED) is 0.597. The second-order valence-electron chi connectivity index (χ2n) is 10.7. The van der Waals surface area contributed by atoms with E-state index in [0.717, 1.165) is 75.9 Å². The number of aryl methyl sites for hydroxylation is 1. The number of likely N-dealkylation sites (tertiary alicyclic amines) is 1. The van der Waals surface area contributed by atoms with Crippen LogP contribution in [-0.4, -0.2) is 58.0 Å². The lowest BCUT2D eigenvalue weighted by atomic mass is 9.79. The first-order valence-corrected chi connectivity index (χ1v) is 12.7. The summed E-state index contributed by atoms with van der Waals surface area (Å²) in [6.45, 7) is 11.5. The van der Waals surface area contributed by atoms with Gasteiger partial charge in [0.25, 0.3) is 0 Å². The minimum atomic E-state index is 0.0304. The molecule has 1 spiro atoms. The van der Waals surface area contributed by atoms with Crippen molar-refractivity contribution >= 4 is 17.7 Å². The van der Waals surface area contributed by atoms with Gasteiger partial charge in [-0.05, 0) is 50.5 Å². The van der Waals surface area contributed by atoms with Gasteiger partial charge in [-0.3, -0.25) is 4.79 Å². The maximum Gasteiger partial charge on any atom is 0.245 e. The SMILES string of the molecule is C=CC(=O)N1CC2(CCN(c3nc4c(c(N[C@H](Cc5ncco5)CC(C)C)n3)CCCC4)C2)C1. The van der Waals surface area contributed by atoms with Crippen molar-refractivity contribution in [3.63, 3.8) is 0 Å². The van der Waals surface area contributed by atoms with Crippen molar-refractivity contribution in [3.05, 3.63) is 42.3 Å². The molecule has 0 bridgehead atoms. The Labute approximate surface area is 201 Å². The molecule has 1 atom stereocenters. The molecule has 0 saturated carbocycles. The van der Waals surface area contributed by atoms with E-state index in [1.807, 2.05) is 4.90 Å². The number of anilines is 2. The fourth-order valence-corrected chi connectivity index (χ4v) is 5.77. The number of hydrogen-bond acceptors (Lipinski definition) is 7. The third-order valence-electron chi connectivity index (χ3n) is 7.43. The second-order valence-corrected chi connectivity index (χ2v) is 10.7. The van der Waals surface area contributed by atoms with E-state index in [-0.39, 0.29) is 17.4 Å². The number of hydrogen-bond donors (Lipinski definition) is 1. The van der Waals surface area contributed by atoms with Gasteiger partial charge in [0.15, 0.2) is 5.89 Å². The van der Waals surface area contributed by atoms with Gasteiger partial charge in [-0.25, -0.2) is 9.97 Å². The molecule has 182 valence electrons.